The minimum atomic E-state index is -0.781. The summed E-state index contributed by atoms with van der Waals surface area (Å²) < 4.78 is 25.4. The number of aromatic nitrogens is 1. The minimum Gasteiger partial charge on any atom is -0.490 e. The van der Waals surface area contributed by atoms with Gasteiger partial charge in [0.1, 0.15) is 11.5 Å². The van der Waals surface area contributed by atoms with Crippen LogP contribution in [-0.4, -0.2) is 47.1 Å². The van der Waals surface area contributed by atoms with Crippen molar-refractivity contribution in [3.05, 3.63) is 81.7 Å². The summed E-state index contributed by atoms with van der Waals surface area (Å²) in [6.07, 6.45) is 3.70. The van der Waals surface area contributed by atoms with Gasteiger partial charge < -0.3 is 25.2 Å². The summed E-state index contributed by atoms with van der Waals surface area (Å²) in [5.74, 6) is -2.30. The van der Waals surface area contributed by atoms with Crippen molar-refractivity contribution in [3.8, 4) is 17.4 Å². The van der Waals surface area contributed by atoms with Crippen molar-refractivity contribution in [1.82, 2.24) is 15.6 Å². The van der Waals surface area contributed by atoms with E-state index in [4.69, 9.17) is 37.8 Å². The van der Waals surface area contributed by atoms with E-state index in [0.29, 0.717) is 37.0 Å². The molecule has 1 aliphatic carbocycles. The minimum absolute atomic E-state index is 0.0386. The zero-order valence-corrected chi connectivity index (χ0v) is 22.7. The number of carboxylic acids is 1. The number of carbonyl (C=O) groups is 3. The van der Waals surface area contributed by atoms with Gasteiger partial charge in [0.05, 0.1) is 22.1 Å². The molecule has 1 fully saturated rings. The van der Waals surface area contributed by atoms with Gasteiger partial charge in [-0.1, -0.05) is 23.2 Å². The van der Waals surface area contributed by atoms with Gasteiger partial charge in [0.25, 0.3) is 17.7 Å². The molecule has 1 saturated carbocycles. The van der Waals surface area contributed by atoms with E-state index in [1.54, 1.807) is 24.3 Å². The first-order chi connectivity index (χ1) is 19.2. The molecule has 0 unspecified atom stereocenters. The van der Waals surface area contributed by atoms with Gasteiger partial charge in [-0.3, -0.25) is 14.4 Å². The predicted molar refractivity (Wildman–Crippen MR) is 146 cm³/mol. The van der Waals surface area contributed by atoms with E-state index in [9.17, 15) is 18.8 Å². The predicted octanol–water partition coefficient (Wildman–Crippen LogP) is 5.50. The van der Waals surface area contributed by atoms with Crippen molar-refractivity contribution in [2.24, 2.45) is 5.92 Å². The standard InChI is InChI=1S/C28H26Cl2FN3O6/c29-19-14-23(31)27(34-15-19)40-24-13-18(5-10-22(24)30)26(36)33-12-11-32-25(35)16-1-6-20(7-2-16)39-21-8-3-17(4-9-21)28(37)38/h1-2,5-7,10,13-15,17,21H,3-4,8-9,11-12H2,(H,32,35)(H,33,36)(H,37,38)/t17-,21+. The van der Waals surface area contributed by atoms with Crippen LogP contribution in [0.2, 0.25) is 10.0 Å². The third kappa shape index (κ3) is 7.83. The highest BCUT2D eigenvalue weighted by Crippen LogP contribution is 2.31. The number of pyridine rings is 1. The van der Waals surface area contributed by atoms with Gasteiger partial charge in [-0.2, -0.15) is 0 Å². The fourth-order valence-corrected chi connectivity index (χ4v) is 4.47. The molecular formula is C28H26Cl2FN3O6. The summed E-state index contributed by atoms with van der Waals surface area (Å²) in [6.45, 7) is 0.323. The molecular weight excluding hydrogens is 564 g/mol. The molecule has 12 heteroatoms. The molecule has 0 aliphatic heterocycles. The van der Waals surface area contributed by atoms with Gasteiger partial charge in [-0.05, 0) is 74.2 Å². The Kier molecular flexibility index (Phi) is 9.79. The Morgan fingerprint density at radius 2 is 1.55 bits per heavy atom. The Morgan fingerprint density at radius 3 is 2.17 bits per heavy atom. The summed E-state index contributed by atoms with van der Waals surface area (Å²) in [5, 5.41) is 14.8. The second kappa shape index (κ2) is 13.5. The maximum absolute atomic E-state index is 14.0. The number of amides is 2. The Labute approximate surface area is 239 Å². The van der Waals surface area contributed by atoms with Gasteiger partial charge in [0.15, 0.2) is 5.82 Å². The molecule has 1 aliphatic rings. The number of aliphatic carboxylic acids is 1. The molecule has 0 saturated heterocycles. The average Bonchev–Trinajstić information content (AvgIpc) is 2.94. The number of hydrogen-bond donors (Lipinski definition) is 3. The highest BCUT2D eigenvalue weighted by molar-refractivity contribution is 6.32. The quantitative estimate of drug-likeness (QED) is 0.266. The van der Waals surface area contributed by atoms with Gasteiger partial charge in [-0.25, -0.2) is 9.37 Å². The first-order valence-corrected chi connectivity index (χ1v) is 13.3. The van der Waals surface area contributed by atoms with E-state index in [1.807, 2.05) is 0 Å². The molecule has 1 heterocycles. The number of halogens is 3. The molecule has 2 amide bonds. The fourth-order valence-electron chi connectivity index (χ4n) is 4.17. The Morgan fingerprint density at radius 1 is 0.925 bits per heavy atom. The average molecular weight is 590 g/mol. The molecule has 3 aromatic rings. The molecule has 0 atom stereocenters. The van der Waals surface area contributed by atoms with Gasteiger partial charge >= 0.3 is 5.97 Å². The number of hydrogen-bond acceptors (Lipinski definition) is 6. The molecule has 9 nitrogen and oxygen atoms in total. The number of ether oxygens (including phenoxy) is 2. The molecule has 0 bridgehead atoms. The lowest BCUT2D eigenvalue weighted by Gasteiger charge is -2.26. The van der Waals surface area contributed by atoms with E-state index in [-0.39, 0.29) is 58.3 Å². The van der Waals surface area contributed by atoms with Crippen molar-refractivity contribution < 1.29 is 33.4 Å². The summed E-state index contributed by atoms with van der Waals surface area (Å²) in [4.78, 5) is 39.9. The zero-order valence-electron chi connectivity index (χ0n) is 21.2. The van der Waals surface area contributed by atoms with Crippen LogP contribution in [0.15, 0.2) is 54.7 Å². The van der Waals surface area contributed by atoms with E-state index in [0.717, 1.165) is 6.07 Å². The van der Waals surface area contributed by atoms with Crippen LogP contribution in [0.1, 0.15) is 46.4 Å². The smallest absolute Gasteiger partial charge is 0.306 e. The van der Waals surface area contributed by atoms with Crippen LogP contribution < -0.4 is 20.1 Å². The van der Waals surface area contributed by atoms with Crippen LogP contribution in [-0.2, 0) is 4.79 Å². The number of nitrogens with zero attached hydrogens (tertiary/aromatic N) is 1. The lowest BCUT2D eigenvalue weighted by atomic mass is 9.87. The van der Waals surface area contributed by atoms with Crippen LogP contribution in [0.4, 0.5) is 4.39 Å². The first kappa shape index (κ1) is 29.1. The van der Waals surface area contributed by atoms with Crippen molar-refractivity contribution in [2.45, 2.75) is 31.8 Å². The second-order valence-electron chi connectivity index (χ2n) is 9.15. The maximum atomic E-state index is 14.0. The Balaban J connectivity index is 1.22. The number of benzene rings is 2. The van der Waals surface area contributed by atoms with E-state index in [1.165, 1.54) is 24.4 Å². The van der Waals surface area contributed by atoms with E-state index < -0.39 is 17.7 Å². The summed E-state index contributed by atoms with van der Waals surface area (Å²) in [5.41, 5.74) is 0.642. The van der Waals surface area contributed by atoms with Crippen LogP contribution in [0.25, 0.3) is 0 Å². The van der Waals surface area contributed by atoms with Crippen LogP contribution in [0.3, 0.4) is 0 Å². The highest BCUT2D eigenvalue weighted by Gasteiger charge is 2.27. The largest absolute Gasteiger partial charge is 0.490 e. The lowest BCUT2D eigenvalue weighted by Crippen LogP contribution is -2.34. The van der Waals surface area contributed by atoms with Gasteiger partial charge in [-0.15, -0.1) is 0 Å². The maximum Gasteiger partial charge on any atom is 0.306 e. The van der Waals surface area contributed by atoms with Gasteiger partial charge in [0.2, 0.25) is 0 Å². The molecule has 1 aromatic heterocycles. The molecule has 0 radical (unpaired) electrons. The number of rotatable bonds is 10. The third-order valence-corrected chi connectivity index (χ3v) is 6.83. The second-order valence-corrected chi connectivity index (χ2v) is 10.00. The summed E-state index contributed by atoms with van der Waals surface area (Å²) >= 11 is 11.8. The molecule has 2 aromatic carbocycles. The summed E-state index contributed by atoms with van der Waals surface area (Å²) in [6, 6.07) is 12.0. The van der Waals surface area contributed by atoms with Crippen molar-refractivity contribution in [3.63, 3.8) is 0 Å². The molecule has 4 rings (SSSR count). The fraction of sp³-hybridized carbons (Fsp3) is 0.286. The molecule has 210 valence electrons. The van der Waals surface area contributed by atoms with E-state index in [2.05, 4.69) is 15.6 Å². The highest BCUT2D eigenvalue weighted by atomic mass is 35.5. The van der Waals surface area contributed by atoms with E-state index >= 15 is 0 Å². The first-order valence-electron chi connectivity index (χ1n) is 12.5. The van der Waals surface area contributed by atoms with Gasteiger partial charge in [0, 0.05) is 30.4 Å². The van der Waals surface area contributed by atoms with Crippen molar-refractivity contribution in [1.29, 1.82) is 0 Å². The summed E-state index contributed by atoms with van der Waals surface area (Å²) in [7, 11) is 0. The lowest BCUT2D eigenvalue weighted by molar-refractivity contribution is -0.143. The topological polar surface area (TPSA) is 127 Å². The Bertz CT molecular complexity index is 1380. The van der Waals surface area contributed by atoms with Crippen molar-refractivity contribution >= 4 is 41.0 Å². The molecule has 3 N–H and O–H groups in total. The SMILES string of the molecule is O=C(NCCNC(=O)c1ccc(Cl)c(Oc2ncc(Cl)cc2F)c1)c1ccc(O[C@H]2CC[C@@H](C(=O)O)CC2)cc1. The Hall–Kier alpha value is -3.89. The number of nitrogens with one attached hydrogen (secondary N) is 2. The van der Waals surface area contributed by atoms with Crippen molar-refractivity contribution in [2.75, 3.05) is 13.1 Å². The third-order valence-electron chi connectivity index (χ3n) is 6.31. The molecule has 0 spiro atoms. The normalized spacial score (nSPS) is 16.6. The monoisotopic (exact) mass is 589 g/mol. The zero-order chi connectivity index (χ0) is 28.6. The van der Waals surface area contributed by atoms with Crippen LogP contribution in [0.5, 0.6) is 17.4 Å². The molecule has 40 heavy (non-hydrogen) atoms. The van der Waals surface area contributed by atoms with Crippen LogP contribution >= 0.6 is 23.2 Å². The number of carboxylic acid groups (broad SMARTS) is 1. The van der Waals surface area contributed by atoms with Crippen LogP contribution in [0, 0.1) is 11.7 Å². The number of carbonyl (C=O) groups excluding carboxylic acids is 2.